The average molecular weight is 238 g/mol. The molecule has 0 radical (unpaired) electrons. The molecule has 6 heteroatoms. The third kappa shape index (κ3) is 2.38. The molecule has 0 unspecified atom stereocenters. The number of rotatable bonds is 4. The summed E-state index contributed by atoms with van der Waals surface area (Å²) in [7, 11) is 0. The lowest BCUT2D eigenvalue weighted by Crippen LogP contribution is -2.22. The number of aryl methyl sites for hydroxylation is 1. The number of carbonyl (C=O) groups is 1. The van der Waals surface area contributed by atoms with Crippen molar-refractivity contribution in [3.05, 3.63) is 16.9 Å². The molecule has 0 saturated heterocycles. The monoisotopic (exact) mass is 238 g/mol. The highest BCUT2D eigenvalue weighted by Gasteiger charge is 2.07. The van der Waals surface area contributed by atoms with Gasteiger partial charge in [0.1, 0.15) is 5.01 Å². The van der Waals surface area contributed by atoms with Crippen LogP contribution in [0.2, 0.25) is 0 Å². The van der Waals surface area contributed by atoms with Crippen LogP contribution in [0.5, 0.6) is 0 Å². The van der Waals surface area contributed by atoms with Gasteiger partial charge in [-0.05, 0) is 13.3 Å². The van der Waals surface area contributed by atoms with Crippen molar-refractivity contribution in [2.24, 2.45) is 0 Å². The van der Waals surface area contributed by atoms with Crippen molar-refractivity contribution in [3.8, 4) is 0 Å². The Morgan fingerprint density at radius 3 is 3.12 bits per heavy atom. The molecule has 0 aliphatic rings. The van der Waals surface area contributed by atoms with Crippen LogP contribution in [-0.4, -0.2) is 20.5 Å². The molecule has 2 heterocycles. The van der Waals surface area contributed by atoms with Crippen LogP contribution in [-0.2, 0) is 11.3 Å². The van der Waals surface area contributed by atoms with E-state index < -0.39 is 0 Å². The average Bonchev–Trinajstić information content (AvgIpc) is 2.71. The van der Waals surface area contributed by atoms with Crippen molar-refractivity contribution in [2.75, 3.05) is 0 Å². The molecule has 2 aromatic heterocycles. The molecule has 16 heavy (non-hydrogen) atoms. The zero-order chi connectivity index (χ0) is 11.5. The van der Waals surface area contributed by atoms with E-state index in [2.05, 4.69) is 15.4 Å². The van der Waals surface area contributed by atoms with Gasteiger partial charge in [-0.1, -0.05) is 18.3 Å². The van der Waals surface area contributed by atoms with Crippen LogP contribution in [0.3, 0.4) is 0 Å². The molecule has 1 amide bonds. The summed E-state index contributed by atoms with van der Waals surface area (Å²) < 4.78 is 1.75. The fourth-order valence-electron chi connectivity index (χ4n) is 1.41. The summed E-state index contributed by atoms with van der Waals surface area (Å²) in [6.45, 7) is 4.41. The lowest BCUT2D eigenvalue weighted by molar-refractivity contribution is -0.121. The topological polar surface area (TPSA) is 59.3 Å². The SMILES string of the molecule is CCCC(=O)NCc1nn2cc(C)nc2s1. The summed E-state index contributed by atoms with van der Waals surface area (Å²) in [4.78, 5) is 16.4. The molecule has 0 aliphatic carbocycles. The van der Waals surface area contributed by atoms with Crippen LogP contribution < -0.4 is 5.32 Å². The van der Waals surface area contributed by atoms with Crippen LogP contribution in [0.1, 0.15) is 30.5 Å². The Labute approximate surface area is 97.5 Å². The first kappa shape index (κ1) is 11.1. The molecule has 0 aliphatic heterocycles. The van der Waals surface area contributed by atoms with Gasteiger partial charge in [-0.2, -0.15) is 5.10 Å². The Morgan fingerprint density at radius 1 is 1.62 bits per heavy atom. The van der Waals surface area contributed by atoms with E-state index in [1.54, 1.807) is 4.52 Å². The van der Waals surface area contributed by atoms with E-state index in [0.29, 0.717) is 13.0 Å². The van der Waals surface area contributed by atoms with Gasteiger partial charge in [0.2, 0.25) is 10.9 Å². The van der Waals surface area contributed by atoms with E-state index >= 15 is 0 Å². The number of aromatic nitrogens is 3. The van der Waals surface area contributed by atoms with E-state index in [-0.39, 0.29) is 5.91 Å². The second kappa shape index (κ2) is 4.61. The Balaban J connectivity index is 1.99. The van der Waals surface area contributed by atoms with Crippen LogP contribution in [0.25, 0.3) is 4.96 Å². The number of hydrogen-bond donors (Lipinski definition) is 1. The number of nitrogens with one attached hydrogen (secondary N) is 1. The standard InChI is InChI=1S/C10H14N4OS/c1-3-4-8(15)11-5-9-13-14-6-7(2)12-10(14)16-9/h6H,3-5H2,1-2H3,(H,11,15). The molecule has 2 aromatic rings. The molecule has 5 nitrogen and oxygen atoms in total. The number of nitrogens with zero attached hydrogens (tertiary/aromatic N) is 3. The van der Waals surface area contributed by atoms with E-state index in [9.17, 15) is 4.79 Å². The fraction of sp³-hybridized carbons (Fsp3) is 0.500. The van der Waals surface area contributed by atoms with E-state index in [1.165, 1.54) is 11.3 Å². The predicted molar refractivity (Wildman–Crippen MR) is 62.4 cm³/mol. The molecule has 0 spiro atoms. The summed E-state index contributed by atoms with van der Waals surface area (Å²) in [5.41, 5.74) is 0.959. The zero-order valence-corrected chi connectivity index (χ0v) is 10.2. The summed E-state index contributed by atoms with van der Waals surface area (Å²) in [5, 5.41) is 8.04. The molecule has 2 rings (SSSR count). The molecule has 0 atom stereocenters. The van der Waals surface area contributed by atoms with Gasteiger partial charge in [0, 0.05) is 6.42 Å². The van der Waals surface area contributed by atoms with Crippen molar-refractivity contribution in [2.45, 2.75) is 33.2 Å². The van der Waals surface area contributed by atoms with Crippen molar-refractivity contribution in [3.63, 3.8) is 0 Å². The Hall–Kier alpha value is -1.43. The fourth-order valence-corrected chi connectivity index (χ4v) is 2.27. The van der Waals surface area contributed by atoms with Crippen LogP contribution >= 0.6 is 11.3 Å². The van der Waals surface area contributed by atoms with Gasteiger partial charge in [0.05, 0.1) is 18.4 Å². The van der Waals surface area contributed by atoms with Gasteiger partial charge >= 0.3 is 0 Å². The molecule has 1 N–H and O–H groups in total. The lowest BCUT2D eigenvalue weighted by atomic mass is 10.3. The van der Waals surface area contributed by atoms with E-state index in [0.717, 1.165) is 22.1 Å². The normalized spacial score (nSPS) is 10.9. The van der Waals surface area contributed by atoms with Gasteiger partial charge in [-0.25, -0.2) is 9.50 Å². The number of hydrogen-bond acceptors (Lipinski definition) is 4. The minimum Gasteiger partial charge on any atom is -0.350 e. The Kier molecular flexibility index (Phi) is 3.19. The van der Waals surface area contributed by atoms with Gasteiger partial charge in [0.25, 0.3) is 0 Å². The van der Waals surface area contributed by atoms with Crippen LogP contribution in [0, 0.1) is 6.92 Å². The Bertz CT molecular complexity index is 470. The highest BCUT2D eigenvalue weighted by atomic mass is 32.1. The second-order valence-electron chi connectivity index (χ2n) is 3.63. The summed E-state index contributed by atoms with van der Waals surface area (Å²) >= 11 is 1.50. The first-order valence-electron chi connectivity index (χ1n) is 5.27. The van der Waals surface area contributed by atoms with Gasteiger partial charge < -0.3 is 5.32 Å². The Morgan fingerprint density at radius 2 is 2.44 bits per heavy atom. The molecular weight excluding hydrogens is 224 g/mol. The predicted octanol–water partition coefficient (Wildman–Crippen LogP) is 1.52. The second-order valence-corrected chi connectivity index (χ2v) is 4.67. The first-order valence-corrected chi connectivity index (χ1v) is 6.09. The van der Waals surface area contributed by atoms with E-state index in [1.807, 2.05) is 20.0 Å². The highest BCUT2D eigenvalue weighted by Crippen LogP contribution is 2.13. The summed E-state index contributed by atoms with van der Waals surface area (Å²) in [5.74, 6) is 0.0755. The largest absolute Gasteiger partial charge is 0.350 e. The lowest BCUT2D eigenvalue weighted by Gasteiger charge is -1.99. The number of imidazole rings is 1. The number of fused-ring (bicyclic) bond motifs is 1. The maximum Gasteiger partial charge on any atom is 0.220 e. The molecule has 86 valence electrons. The van der Waals surface area contributed by atoms with Crippen LogP contribution in [0.4, 0.5) is 0 Å². The highest BCUT2D eigenvalue weighted by molar-refractivity contribution is 7.16. The van der Waals surface area contributed by atoms with Gasteiger partial charge in [0.15, 0.2) is 0 Å². The maximum atomic E-state index is 11.3. The molecular formula is C10H14N4OS. The number of carbonyl (C=O) groups excluding carboxylic acids is 1. The molecule has 0 bridgehead atoms. The van der Waals surface area contributed by atoms with Gasteiger partial charge in [-0.3, -0.25) is 4.79 Å². The maximum absolute atomic E-state index is 11.3. The molecule has 0 saturated carbocycles. The van der Waals surface area contributed by atoms with Crippen molar-refractivity contribution < 1.29 is 4.79 Å². The third-order valence-electron chi connectivity index (χ3n) is 2.12. The smallest absolute Gasteiger partial charge is 0.220 e. The first-order chi connectivity index (χ1) is 7.69. The van der Waals surface area contributed by atoms with Crippen molar-refractivity contribution in [1.82, 2.24) is 19.9 Å². The molecule has 0 aromatic carbocycles. The van der Waals surface area contributed by atoms with Crippen molar-refractivity contribution >= 4 is 22.2 Å². The van der Waals surface area contributed by atoms with Crippen molar-refractivity contribution in [1.29, 1.82) is 0 Å². The minimum atomic E-state index is 0.0755. The minimum absolute atomic E-state index is 0.0755. The van der Waals surface area contributed by atoms with Gasteiger partial charge in [-0.15, -0.1) is 0 Å². The third-order valence-corrected chi connectivity index (χ3v) is 3.04. The number of amides is 1. The molecule has 0 fully saturated rings. The zero-order valence-electron chi connectivity index (χ0n) is 9.36. The quantitative estimate of drug-likeness (QED) is 0.878. The van der Waals surface area contributed by atoms with E-state index in [4.69, 9.17) is 0 Å². The summed E-state index contributed by atoms with van der Waals surface area (Å²) in [6.07, 6.45) is 3.32. The summed E-state index contributed by atoms with van der Waals surface area (Å²) in [6, 6.07) is 0. The van der Waals surface area contributed by atoms with Crippen LogP contribution in [0.15, 0.2) is 6.20 Å².